The fourth-order valence-electron chi connectivity index (χ4n) is 3.32. The van der Waals surface area contributed by atoms with Crippen LogP contribution >= 0.6 is 0 Å². The molecule has 0 aliphatic heterocycles. The maximum atomic E-state index is 12.8. The lowest BCUT2D eigenvalue weighted by Gasteiger charge is -2.29. The first-order chi connectivity index (χ1) is 12.1. The quantitative estimate of drug-likeness (QED) is 0.878. The Balaban J connectivity index is 1.71. The van der Waals surface area contributed by atoms with E-state index in [2.05, 4.69) is 22.8 Å². The van der Waals surface area contributed by atoms with E-state index >= 15 is 0 Å². The minimum absolute atomic E-state index is 0.000727. The van der Waals surface area contributed by atoms with E-state index in [1.165, 1.54) is 17.4 Å². The number of benzene rings is 1. The summed E-state index contributed by atoms with van der Waals surface area (Å²) < 4.78 is 5.11. The van der Waals surface area contributed by atoms with Crippen molar-refractivity contribution in [2.45, 2.75) is 45.2 Å². The van der Waals surface area contributed by atoms with Gasteiger partial charge in [-0.1, -0.05) is 38.1 Å². The molecule has 1 aliphatic rings. The van der Waals surface area contributed by atoms with E-state index in [0.29, 0.717) is 0 Å². The van der Waals surface area contributed by atoms with Crippen molar-refractivity contribution in [1.29, 1.82) is 0 Å². The summed E-state index contributed by atoms with van der Waals surface area (Å²) in [5.41, 5.74) is 2.47. The van der Waals surface area contributed by atoms with Crippen LogP contribution in [0.5, 0.6) is 0 Å². The van der Waals surface area contributed by atoms with Gasteiger partial charge >= 0.3 is 0 Å². The molecule has 0 spiro atoms. The number of furan rings is 1. The molecule has 0 fully saturated rings. The molecule has 2 amide bonds. The third kappa shape index (κ3) is 3.92. The van der Waals surface area contributed by atoms with Gasteiger partial charge in [0.1, 0.15) is 6.04 Å². The van der Waals surface area contributed by atoms with Gasteiger partial charge in [-0.15, -0.1) is 0 Å². The summed E-state index contributed by atoms with van der Waals surface area (Å²) in [5.74, 6) is -0.348. The number of nitrogens with one attached hydrogen (secondary N) is 2. The first-order valence-electron chi connectivity index (χ1n) is 8.79. The highest BCUT2D eigenvalue weighted by Gasteiger charge is 2.29. The lowest BCUT2D eigenvalue weighted by molar-refractivity contribution is -0.124. The molecule has 2 atom stereocenters. The number of hydrogen-bond acceptors (Lipinski definition) is 3. The molecule has 132 valence electrons. The Bertz CT molecular complexity index is 737. The van der Waals surface area contributed by atoms with Crippen LogP contribution in [0, 0.1) is 5.92 Å². The molecule has 2 N–H and O–H groups in total. The zero-order valence-corrected chi connectivity index (χ0v) is 14.6. The van der Waals surface area contributed by atoms with Gasteiger partial charge in [0.25, 0.3) is 5.91 Å². The summed E-state index contributed by atoms with van der Waals surface area (Å²) >= 11 is 0. The van der Waals surface area contributed by atoms with Crippen LogP contribution in [0.15, 0.2) is 47.1 Å². The van der Waals surface area contributed by atoms with Crippen molar-refractivity contribution < 1.29 is 14.0 Å². The number of amides is 2. The average molecular weight is 340 g/mol. The van der Waals surface area contributed by atoms with Gasteiger partial charge in [-0.05, 0) is 48.4 Å². The molecule has 0 radical (unpaired) electrons. The van der Waals surface area contributed by atoms with Gasteiger partial charge in [0.05, 0.1) is 12.3 Å². The molecule has 25 heavy (non-hydrogen) atoms. The van der Waals surface area contributed by atoms with Gasteiger partial charge in [0, 0.05) is 0 Å². The fourth-order valence-corrected chi connectivity index (χ4v) is 3.32. The molecule has 1 aliphatic carbocycles. The van der Waals surface area contributed by atoms with Crippen LogP contribution in [0.25, 0.3) is 0 Å². The Kier molecular flexibility index (Phi) is 5.22. The first kappa shape index (κ1) is 17.3. The van der Waals surface area contributed by atoms with Crippen molar-refractivity contribution in [2.75, 3.05) is 0 Å². The van der Waals surface area contributed by atoms with Gasteiger partial charge in [-0.2, -0.15) is 0 Å². The maximum absolute atomic E-state index is 12.8. The van der Waals surface area contributed by atoms with Crippen molar-refractivity contribution in [3.63, 3.8) is 0 Å². The summed E-state index contributed by atoms with van der Waals surface area (Å²) in [6.07, 6.45) is 4.45. The van der Waals surface area contributed by atoms with Crippen LogP contribution in [-0.2, 0) is 11.2 Å². The zero-order chi connectivity index (χ0) is 17.8. The Hall–Kier alpha value is -2.56. The molecule has 5 nitrogen and oxygen atoms in total. The molecule has 0 saturated carbocycles. The number of hydrogen-bond donors (Lipinski definition) is 2. The minimum Gasteiger partial charge on any atom is -0.459 e. The van der Waals surface area contributed by atoms with E-state index in [0.717, 1.165) is 19.3 Å². The molecule has 0 bridgehead atoms. The van der Waals surface area contributed by atoms with Crippen molar-refractivity contribution in [3.8, 4) is 0 Å². The van der Waals surface area contributed by atoms with Crippen LogP contribution in [0.2, 0.25) is 0 Å². The highest BCUT2D eigenvalue weighted by Crippen LogP contribution is 2.29. The van der Waals surface area contributed by atoms with Crippen molar-refractivity contribution in [3.05, 3.63) is 59.5 Å². The van der Waals surface area contributed by atoms with E-state index in [1.54, 1.807) is 12.1 Å². The second-order valence-electron chi connectivity index (χ2n) is 6.82. The Labute approximate surface area is 147 Å². The smallest absolute Gasteiger partial charge is 0.287 e. The molecule has 5 heteroatoms. The first-order valence-corrected chi connectivity index (χ1v) is 8.79. The maximum Gasteiger partial charge on any atom is 0.287 e. The topological polar surface area (TPSA) is 71.3 Å². The summed E-state index contributed by atoms with van der Waals surface area (Å²) in [6, 6.07) is 10.9. The van der Waals surface area contributed by atoms with Crippen LogP contribution in [0.3, 0.4) is 0 Å². The molecule has 1 unspecified atom stereocenters. The molecular weight excluding hydrogens is 316 g/mol. The van der Waals surface area contributed by atoms with Gasteiger partial charge in [-0.25, -0.2) is 0 Å². The third-order valence-electron chi connectivity index (χ3n) is 4.67. The molecule has 1 aromatic carbocycles. The predicted molar refractivity (Wildman–Crippen MR) is 95.1 cm³/mol. The highest BCUT2D eigenvalue weighted by molar-refractivity contribution is 5.95. The predicted octanol–water partition coefficient (Wildman–Crippen LogP) is 3.23. The van der Waals surface area contributed by atoms with Gasteiger partial charge < -0.3 is 15.1 Å². The lowest BCUT2D eigenvalue weighted by Crippen LogP contribution is -2.50. The summed E-state index contributed by atoms with van der Waals surface area (Å²) in [6.45, 7) is 3.84. The second-order valence-corrected chi connectivity index (χ2v) is 6.82. The highest BCUT2D eigenvalue weighted by atomic mass is 16.3. The molecule has 0 saturated heterocycles. The van der Waals surface area contributed by atoms with E-state index in [4.69, 9.17) is 4.42 Å². The molecular formula is C20H24N2O3. The Morgan fingerprint density at radius 2 is 1.96 bits per heavy atom. The van der Waals surface area contributed by atoms with E-state index < -0.39 is 6.04 Å². The van der Waals surface area contributed by atoms with E-state index in [1.807, 2.05) is 26.0 Å². The summed E-state index contributed by atoms with van der Waals surface area (Å²) in [5, 5.41) is 5.91. The van der Waals surface area contributed by atoms with Crippen molar-refractivity contribution >= 4 is 11.8 Å². The standard InChI is InChI=1S/C20H24N2O3/c1-13(2)18(22-19(23)17-11-6-12-25-17)20(24)21-16-10-5-8-14-7-3-4-9-15(14)16/h3-4,6-7,9,11-13,16,18H,5,8,10H2,1-2H3,(H,21,24)(H,22,23)/t16?,18-/m0/s1. The number of carbonyl (C=O) groups is 2. The third-order valence-corrected chi connectivity index (χ3v) is 4.67. The van der Waals surface area contributed by atoms with Gasteiger partial charge in [0.15, 0.2) is 5.76 Å². The number of carbonyl (C=O) groups excluding carboxylic acids is 2. The fraction of sp³-hybridized carbons (Fsp3) is 0.400. The summed E-state index contributed by atoms with van der Waals surface area (Å²) in [7, 11) is 0. The normalized spacial score (nSPS) is 17.6. The second kappa shape index (κ2) is 7.55. The summed E-state index contributed by atoms with van der Waals surface area (Å²) in [4.78, 5) is 25.0. The minimum atomic E-state index is -0.605. The monoisotopic (exact) mass is 340 g/mol. The Morgan fingerprint density at radius 1 is 1.16 bits per heavy atom. The largest absolute Gasteiger partial charge is 0.459 e. The number of aryl methyl sites for hydroxylation is 1. The van der Waals surface area contributed by atoms with Crippen molar-refractivity contribution in [2.24, 2.45) is 5.92 Å². The SMILES string of the molecule is CC(C)[C@H](NC(=O)c1ccco1)C(=O)NC1CCCc2ccccc21. The lowest BCUT2D eigenvalue weighted by atomic mass is 9.87. The number of fused-ring (bicyclic) bond motifs is 1. The van der Waals surface area contributed by atoms with Gasteiger partial charge in [0.2, 0.25) is 5.91 Å². The van der Waals surface area contributed by atoms with Crippen LogP contribution < -0.4 is 10.6 Å². The molecule has 3 rings (SSSR count). The van der Waals surface area contributed by atoms with Crippen LogP contribution in [0.1, 0.15) is 54.4 Å². The average Bonchev–Trinajstić information content (AvgIpc) is 3.14. The Morgan fingerprint density at radius 3 is 2.68 bits per heavy atom. The van der Waals surface area contributed by atoms with E-state index in [9.17, 15) is 9.59 Å². The van der Waals surface area contributed by atoms with E-state index in [-0.39, 0.29) is 29.5 Å². The molecule has 2 aromatic rings. The van der Waals surface area contributed by atoms with Crippen LogP contribution in [0.4, 0.5) is 0 Å². The zero-order valence-electron chi connectivity index (χ0n) is 14.6. The van der Waals surface area contributed by atoms with Gasteiger partial charge in [-0.3, -0.25) is 9.59 Å². The number of rotatable bonds is 5. The van der Waals surface area contributed by atoms with Crippen molar-refractivity contribution in [1.82, 2.24) is 10.6 Å². The van der Waals surface area contributed by atoms with Crippen LogP contribution in [-0.4, -0.2) is 17.9 Å². The molecule has 1 heterocycles. The molecule has 1 aromatic heterocycles.